The highest BCUT2D eigenvalue weighted by molar-refractivity contribution is 5.99. The van der Waals surface area contributed by atoms with Crippen molar-refractivity contribution in [2.45, 2.75) is 76.8 Å². The largest absolute Gasteiger partial charge is 0.492 e. The van der Waals surface area contributed by atoms with Crippen LogP contribution >= 0.6 is 0 Å². The van der Waals surface area contributed by atoms with E-state index < -0.39 is 47.9 Å². The number of benzene rings is 2. The lowest BCUT2D eigenvalue weighted by molar-refractivity contribution is -0.134. The van der Waals surface area contributed by atoms with Crippen molar-refractivity contribution in [3.63, 3.8) is 0 Å². The minimum atomic E-state index is -1.39. The van der Waals surface area contributed by atoms with E-state index >= 15 is 0 Å². The molecule has 13 nitrogen and oxygen atoms in total. The van der Waals surface area contributed by atoms with Crippen LogP contribution in [0.25, 0.3) is 0 Å². The second kappa shape index (κ2) is 15.6. The Balaban J connectivity index is 1.63. The molecule has 0 saturated carbocycles. The first-order valence-electron chi connectivity index (χ1n) is 14.8. The first kappa shape index (κ1) is 32.1. The molecule has 4 atom stereocenters. The highest BCUT2D eigenvalue weighted by Crippen LogP contribution is 2.15. The van der Waals surface area contributed by atoms with Gasteiger partial charge in [0.2, 0.25) is 17.7 Å². The monoisotopic (exact) mass is 605 g/mol. The number of ether oxygens (including phenoxy) is 1. The molecule has 0 radical (unpaired) electrons. The molecule has 5 N–H and O–H groups in total. The molecule has 0 unspecified atom stereocenters. The van der Waals surface area contributed by atoms with Crippen molar-refractivity contribution in [1.82, 2.24) is 36.3 Å². The second-order valence-corrected chi connectivity index (χ2v) is 10.7. The van der Waals surface area contributed by atoms with Crippen LogP contribution in [-0.4, -0.2) is 74.6 Å². The Hall–Kier alpha value is -4.78. The third-order valence-corrected chi connectivity index (χ3v) is 7.16. The zero-order valence-corrected chi connectivity index (χ0v) is 24.9. The van der Waals surface area contributed by atoms with Crippen LogP contribution in [0.3, 0.4) is 0 Å². The Bertz CT molecular complexity index is 1430. The van der Waals surface area contributed by atoms with Crippen molar-refractivity contribution in [3.05, 3.63) is 77.6 Å². The van der Waals surface area contributed by atoms with E-state index in [9.17, 15) is 24.3 Å². The molecule has 234 valence electrons. The highest BCUT2D eigenvalue weighted by Gasteiger charge is 2.32. The summed E-state index contributed by atoms with van der Waals surface area (Å²) in [7, 11) is 0. The topological polar surface area (TPSA) is 177 Å². The van der Waals surface area contributed by atoms with Crippen molar-refractivity contribution in [2.24, 2.45) is 0 Å². The predicted octanol–water partition coefficient (Wildman–Crippen LogP) is 0.869. The number of aliphatic hydroxyl groups is 1. The molecule has 3 aromatic rings. The summed E-state index contributed by atoms with van der Waals surface area (Å²) in [4.78, 5) is 53.4. The first-order chi connectivity index (χ1) is 21.2. The average molecular weight is 606 g/mol. The molecule has 1 aliphatic rings. The third-order valence-electron chi connectivity index (χ3n) is 7.16. The molecule has 0 aliphatic carbocycles. The van der Waals surface area contributed by atoms with Crippen molar-refractivity contribution >= 4 is 23.6 Å². The minimum absolute atomic E-state index is 0.0619. The molecule has 0 spiro atoms. The van der Waals surface area contributed by atoms with Crippen molar-refractivity contribution in [2.75, 3.05) is 6.61 Å². The quantitative estimate of drug-likeness (QED) is 0.275. The molecule has 1 aromatic heterocycles. The predicted molar refractivity (Wildman–Crippen MR) is 160 cm³/mol. The van der Waals surface area contributed by atoms with Crippen LogP contribution in [-0.2, 0) is 33.9 Å². The number of aliphatic hydroxyl groups excluding tert-OH is 1. The SMILES string of the molecule is CCCC[C@@H]1NC(=O)c2cccc(c2)OCCn2cc(nn2)CNC(=O)[C@H](Cc2ccccc2)NC(=O)[C@H]([C@@H](C)O)NC1=O. The Morgan fingerprint density at radius 3 is 2.52 bits per heavy atom. The fraction of sp³-hybridized carbons (Fsp3) is 0.419. The summed E-state index contributed by atoms with van der Waals surface area (Å²) in [5.74, 6) is -1.88. The van der Waals surface area contributed by atoms with Crippen LogP contribution in [0.5, 0.6) is 5.75 Å². The van der Waals surface area contributed by atoms with Gasteiger partial charge in [-0.25, -0.2) is 4.68 Å². The standard InChI is InChI=1S/C31H39N7O6/c1-3-4-13-25-30(42)35-27(20(2)39)31(43)34-26(16-21-9-6-5-7-10-21)29(41)32-18-23-19-38(37-36-23)14-15-44-24-12-8-11-22(17-24)28(40)33-25/h5-12,17,19-20,25-27,39H,3-4,13-16,18H2,1-2H3,(H,32,41)(H,33,40)(H,34,43)(H,35,42)/t20-,25+,26+,27+/m1/s1. The van der Waals surface area contributed by atoms with E-state index in [1.165, 1.54) is 6.92 Å². The zero-order valence-electron chi connectivity index (χ0n) is 24.9. The fourth-order valence-electron chi connectivity index (χ4n) is 4.71. The van der Waals surface area contributed by atoms with Gasteiger partial charge in [0, 0.05) is 12.0 Å². The van der Waals surface area contributed by atoms with Crippen molar-refractivity contribution < 1.29 is 29.0 Å². The molecule has 0 fully saturated rings. The fourth-order valence-corrected chi connectivity index (χ4v) is 4.71. The number of nitrogens with one attached hydrogen (secondary N) is 4. The lowest BCUT2D eigenvalue weighted by Crippen LogP contribution is -2.60. The third kappa shape index (κ3) is 9.11. The molecule has 13 heteroatoms. The summed E-state index contributed by atoms with van der Waals surface area (Å²) in [6.07, 6.45) is 2.26. The molecule has 0 saturated heterocycles. The molecule has 44 heavy (non-hydrogen) atoms. The lowest BCUT2D eigenvalue weighted by atomic mass is 10.0. The number of rotatable bonds is 6. The van der Waals surface area contributed by atoms with Gasteiger partial charge in [0.25, 0.3) is 5.91 Å². The maximum atomic E-state index is 13.5. The number of nitrogens with zero attached hydrogens (tertiary/aromatic N) is 3. The molecule has 1 aliphatic heterocycles. The summed E-state index contributed by atoms with van der Waals surface area (Å²) in [5, 5.41) is 29.5. The summed E-state index contributed by atoms with van der Waals surface area (Å²) in [6.45, 7) is 4.00. The van der Waals surface area contributed by atoms with Gasteiger partial charge >= 0.3 is 0 Å². The van der Waals surface area contributed by atoms with Gasteiger partial charge in [0.15, 0.2) is 0 Å². The van der Waals surface area contributed by atoms with Gasteiger partial charge in [-0.05, 0) is 37.1 Å². The van der Waals surface area contributed by atoms with Crippen LogP contribution in [0, 0.1) is 0 Å². The van der Waals surface area contributed by atoms with Crippen LogP contribution in [0.1, 0.15) is 54.7 Å². The summed E-state index contributed by atoms with van der Waals surface area (Å²) >= 11 is 0. The van der Waals surface area contributed by atoms with E-state index in [1.54, 1.807) is 35.1 Å². The summed E-state index contributed by atoms with van der Waals surface area (Å²) in [6, 6.07) is 12.3. The van der Waals surface area contributed by atoms with E-state index in [-0.39, 0.29) is 19.6 Å². The molecule has 4 amide bonds. The average Bonchev–Trinajstić information content (AvgIpc) is 3.47. The number of hydrogen-bond donors (Lipinski definition) is 5. The van der Waals surface area contributed by atoms with E-state index in [2.05, 4.69) is 31.6 Å². The number of amides is 4. The number of carbonyl (C=O) groups is 4. The maximum absolute atomic E-state index is 13.5. The summed E-state index contributed by atoms with van der Waals surface area (Å²) in [5.41, 5.74) is 1.59. The van der Waals surface area contributed by atoms with Gasteiger partial charge in [-0.1, -0.05) is 61.4 Å². The Morgan fingerprint density at radius 2 is 1.77 bits per heavy atom. The van der Waals surface area contributed by atoms with E-state index in [1.807, 2.05) is 37.3 Å². The van der Waals surface area contributed by atoms with Gasteiger partial charge in [0.1, 0.15) is 36.2 Å². The van der Waals surface area contributed by atoms with Gasteiger partial charge in [-0.15, -0.1) is 5.10 Å². The van der Waals surface area contributed by atoms with Gasteiger partial charge in [-0.3, -0.25) is 19.2 Å². The van der Waals surface area contributed by atoms with E-state index in [4.69, 9.17) is 4.74 Å². The van der Waals surface area contributed by atoms with Gasteiger partial charge in [-0.2, -0.15) is 0 Å². The van der Waals surface area contributed by atoms with Crippen LogP contribution in [0.15, 0.2) is 60.8 Å². The zero-order chi connectivity index (χ0) is 31.5. The smallest absolute Gasteiger partial charge is 0.252 e. The lowest BCUT2D eigenvalue weighted by Gasteiger charge is -2.27. The molecular weight excluding hydrogens is 566 g/mol. The molecule has 4 rings (SSSR count). The molecule has 2 aromatic carbocycles. The minimum Gasteiger partial charge on any atom is -0.492 e. The number of carbonyl (C=O) groups excluding carboxylic acids is 4. The number of aromatic nitrogens is 3. The van der Waals surface area contributed by atoms with E-state index in [0.717, 1.165) is 12.0 Å². The normalized spacial score (nSPS) is 21.0. The van der Waals surface area contributed by atoms with Crippen LogP contribution < -0.4 is 26.0 Å². The molecule has 2 heterocycles. The number of hydrogen-bond acceptors (Lipinski definition) is 8. The Labute approximate surface area is 255 Å². The van der Waals surface area contributed by atoms with Crippen molar-refractivity contribution in [3.8, 4) is 5.75 Å². The number of fused-ring (bicyclic) bond motifs is 4. The van der Waals surface area contributed by atoms with Crippen LogP contribution in [0.2, 0.25) is 0 Å². The second-order valence-electron chi connectivity index (χ2n) is 10.7. The van der Waals surface area contributed by atoms with Crippen LogP contribution in [0.4, 0.5) is 0 Å². The molecule has 4 bridgehead atoms. The highest BCUT2D eigenvalue weighted by atomic mass is 16.5. The summed E-state index contributed by atoms with van der Waals surface area (Å²) < 4.78 is 7.40. The van der Waals surface area contributed by atoms with Gasteiger partial charge < -0.3 is 31.1 Å². The Morgan fingerprint density at radius 1 is 0.977 bits per heavy atom. The first-order valence-corrected chi connectivity index (χ1v) is 14.8. The molecular formula is C31H39N7O6. The Kier molecular flexibility index (Phi) is 11.4. The van der Waals surface area contributed by atoms with Gasteiger partial charge in [0.05, 0.1) is 25.4 Å². The van der Waals surface area contributed by atoms with Crippen molar-refractivity contribution in [1.29, 1.82) is 0 Å². The van der Waals surface area contributed by atoms with E-state index in [0.29, 0.717) is 36.4 Å². The number of unbranched alkanes of at least 4 members (excludes halogenated alkanes) is 1. The maximum Gasteiger partial charge on any atom is 0.252 e.